The van der Waals surface area contributed by atoms with Crippen molar-refractivity contribution < 1.29 is 18.8 Å². The Balaban J connectivity index is 1.11. The molecule has 0 N–H and O–H groups in total. The molecule has 3 amide bonds. The van der Waals surface area contributed by atoms with Crippen molar-refractivity contribution in [3.8, 4) is 0 Å². The maximum Gasteiger partial charge on any atom is 0.349 e. The zero-order valence-electron chi connectivity index (χ0n) is 19.5. The quantitative estimate of drug-likeness (QED) is 0.329. The predicted octanol–water partition coefficient (Wildman–Crippen LogP) is 3.00. The van der Waals surface area contributed by atoms with Gasteiger partial charge in [-0.15, -0.1) is 0 Å². The lowest BCUT2D eigenvalue weighted by Gasteiger charge is -2.36. The van der Waals surface area contributed by atoms with Crippen molar-refractivity contribution in [1.29, 1.82) is 0 Å². The van der Waals surface area contributed by atoms with Crippen LogP contribution in [0.5, 0.6) is 0 Å². The van der Waals surface area contributed by atoms with Crippen molar-refractivity contribution in [3.63, 3.8) is 0 Å². The molecule has 36 heavy (non-hydrogen) atoms. The minimum atomic E-state index is -0.640. The molecule has 0 radical (unpaired) electrons. The summed E-state index contributed by atoms with van der Waals surface area (Å²) in [6, 6.07) is 19.7. The van der Waals surface area contributed by atoms with E-state index in [1.54, 1.807) is 41.3 Å². The number of imide groups is 1. The number of fused-ring (bicyclic) bond motifs is 1. The van der Waals surface area contributed by atoms with Gasteiger partial charge in [0.25, 0.3) is 17.7 Å². The minimum Gasteiger partial charge on any atom is -0.422 e. The molecule has 1 aromatic heterocycles. The third-order valence-electron chi connectivity index (χ3n) is 7.03. The SMILES string of the molecule is O=C(c1cc2ccccc2oc1=O)N1CCN(CCN2C(=O)c3cccc4cccc(c34)C2=O)CC1. The van der Waals surface area contributed by atoms with Crippen LogP contribution in [0.15, 0.2) is 75.9 Å². The molecular formula is C28H23N3O5. The molecule has 4 aromatic rings. The van der Waals surface area contributed by atoms with E-state index in [-0.39, 0.29) is 29.8 Å². The number of hydrogen-bond donors (Lipinski definition) is 0. The van der Waals surface area contributed by atoms with Gasteiger partial charge in [-0.2, -0.15) is 0 Å². The van der Waals surface area contributed by atoms with Crippen LogP contribution in [0.4, 0.5) is 0 Å². The number of piperazine rings is 1. The molecule has 0 atom stereocenters. The second-order valence-corrected chi connectivity index (χ2v) is 9.09. The first-order valence-electron chi connectivity index (χ1n) is 11.9. The Morgan fingerprint density at radius 1 is 0.750 bits per heavy atom. The average molecular weight is 482 g/mol. The normalized spacial score (nSPS) is 16.2. The van der Waals surface area contributed by atoms with E-state index in [1.165, 1.54) is 4.90 Å². The number of para-hydroxylation sites is 1. The lowest BCUT2D eigenvalue weighted by atomic mass is 9.94. The highest BCUT2D eigenvalue weighted by molar-refractivity contribution is 6.25. The number of benzene rings is 3. The summed E-state index contributed by atoms with van der Waals surface area (Å²) in [5.74, 6) is -0.900. The monoisotopic (exact) mass is 481 g/mol. The van der Waals surface area contributed by atoms with Crippen molar-refractivity contribution in [1.82, 2.24) is 14.7 Å². The van der Waals surface area contributed by atoms with Crippen LogP contribution in [0.3, 0.4) is 0 Å². The number of hydrogen-bond acceptors (Lipinski definition) is 6. The summed E-state index contributed by atoms with van der Waals surface area (Å²) in [6.45, 7) is 2.81. The van der Waals surface area contributed by atoms with Gasteiger partial charge in [0.2, 0.25) is 0 Å². The Kier molecular flexibility index (Phi) is 5.38. The first-order valence-corrected chi connectivity index (χ1v) is 11.9. The molecule has 0 unspecified atom stereocenters. The van der Waals surface area contributed by atoms with Gasteiger partial charge in [0, 0.05) is 61.2 Å². The first kappa shape index (κ1) is 22.2. The lowest BCUT2D eigenvalue weighted by Crippen LogP contribution is -2.52. The maximum absolute atomic E-state index is 13.1. The first-order chi connectivity index (χ1) is 17.5. The van der Waals surface area contributed by atoms with Gasteiger partial charge in [-0.1, -0.05) is 42.5 Å². The molecular weight excluding hydrogens is 458 g/mol. The molecule has 3 aromatic carbocycles. The van der Waals surface area contributed by atoms with Gasteiger partial charge in [-0.05, 0) is 29.7 Å². The van der Waals surface area contributed by atoms with E-state index in [0.717, 1.165) is 10.8 Å². The topological polar surface area (TPSA) is 91.1 Å². The molecule has 180 valence electrons. The van der Waals surface area contributed by atoms with Crippen molar-refractivity contribution in [2.75, 3.05) is 39.3 Å². The highest BCUT2D eigenvalue weighted by Crippen LogP contribution is 2.29. The highest BCUT2D eigenvalue weighted by atomic mass is 16.4. The minimum absolute atomic E-state index is 0.0273. The van der Waals surface area contributed by atoms with Gasteiger partial charge in [-0.25, -0.2) is 4.79 Å². The molecule has 8 heteroatoms. The van der Waals surface area contributed by atoms with E-state index in [1.807, 2.05) is 30.3 Å². The van der Waals surface area contributed by atoms with Crippen molar-refractivity contribution in [2.45, 2.75) is 0 Å². The molecule has 3 heterocycles. The van der Waals surface area contributed by atoms with Crippen molar-refractivity contribution >= 4 is 39.5 Å². The van der Waals surface area contributed by atoms with Crippen LogP contribution in [0.2, 0.25) is 0 Å². The summed E-state index contributed by atoms with van der Waals surface area (Å²) in [7, 11) is 0. The molecule has 2 aliphatic rings. The van der Waals surface area contributed by atoms with Crippen LogP contribution in [-0.4, -0.2) is 71.7 Å². The van der Waals surface area contributed by atoms with Gasteiger partial charge < -0.3 is 9.32 Å². The fraction of sp³-hybridized carbons (Fsp3) is 0.214. The molecule has 6 rings (SSSR count). The molecule has 8 nitrogen and oxygen atoms in total. The van der Waals surface area contributed by atoms with Gasteiger partial charge >= 0.3 is 5.63 Å². The van der Waals surface area contributed by atoms with E-state index < -0.39 is 5.63 Å². The second-order valence-electron chi connectivity index (χ2n) is 9.09. The standard InChI is InChI=1S/C28H23N3O5/c32-25(22-17-19-5-1-2-10-23(19)36-28(22)35)30-14-11-29(12-15-30)13-16-31-26(33)20-8-3-6-18-7-4-9-21(24(18)20)27(31)34/h1-10,17H,11-16H2. The molecule has 1 fully saturated rings. The lowest BCUT2D eigenvalue weighted by molar-refractivity contribution is 0.0549. The third kappa shape index (κ3) is 3.67. The number of rotatable bonds is 4. The fourth-order valence-electron chi connectivity index (χ4n) is 5.08. The fourth-order valence-corrected chi connectivity index (χ4v) is 5.08. The van der Waals surface area contributed by atoms with E-state index in [2.05, 4.69) is 4.90 Å². The molecule has 1 saturated heterocycles. The van der Waals surface area contributed by atoms with E-state index in [4.69, 9.17) is 4.42 Å². The zero-order chi connectivity index (χ0) is 24.8. The third-order valence-corrected chi connectivity index (χ3v) is 7.03. The Hall–Kier alpha value is -4.30. The molecule has 0 saturated carbocycles. The number of carbonyl (C=O) groups excluding carboxylic acids is 3. The van der Waals surface area contributed by atoms with Crippen LogP contribution in [0, 0.1) is 0 Å². The Labute approximate surface area is 206 Å². The van der Waals surface area contributed by atoms with Crippen LogP contribution in [0.1, 0.15) is 31.1 Å². The summed E-state index contributed by atoms with van der Waals surface area (Å²) in [6.07, 6.45) is 0. The van der Waals surface area contributed by atoms with Crippen LogP contribution in [0.25, 0.3) is 21.7 Å². The summed E-state index contributed by atoms with van der Waals surface area (Å²) >= 11 is 0. The zero-order valence-corrected chi connectivity index (χ0v) is 19.5. The van der Waals surface area contributed by atoms with E-state index >= 15 is 0 Å². The smallest absolute Gasteiger partial charge is 0.349 e. The van der Waals surface area contributed by atoms with Crippen LogP contribution < -0.4 is 5.63 Å². The second kappa shape index (κ2) is 8.73. The molecule has 0 aliphatic carbocycles. The summed E-state index contributed by atoms with van der Waals surface area (Å²) in [5, 5.41) is 2.30. The van der Waals surface area contributed by atoms with Crippen LogP contribution in [-0.2, 0) is 0 Å². The van der Waals surface area contributed by atoms with E-state index in [9.17, 15) is 19.2 Å². The highest BCUT2D eigenvalue weighted by Gasteiger charge is 2.33. The largest absolute Gasteiger partial charge is 0.422 e. The Morgan fingerprint density at radius 2 is 1.39 bits per heavy atom. The van der Waals surface area contributed by atoms with Gasteiger partial charge in [0.15, 0.2) is 0 Å². The average Bonchev–Trinajstić information content (AvgIpc) is 2.91. The molecule has 0 spiro atoms. The molecule has 2 aliphatic heterocycles. The molecule has 0 bridgehead atoms. The predicted molar refractivity (Wildman–Crippen MR) is 134 cm³/mol. The number of carbonyl (C=O) groups is 3. The Morgan fingerprint density at radius 3 is 2.08 bits per heavy atom. The summed E-state index contributed by atoms with van der Waals surface area (Å²) < 4.78 is 5.31. The number of amides is 3. The van der Waals surface area contributed by atoms with Crippen molar-refractivity contribution in [3.05, 3.63) is 93.8 Å². The van der Waals surface area contributed by atoms with Crippen molar-refractivity contribution in [2.24, 2.45) is 0 Å². The summed E-state index contributed by atoms with van der Waals surface area (Å²) in [4.78, 5) is 56.7. The van der Waals surface area contributed by atoms with E-state index in [0.29, 0.717) is 54.8 Å². The van der Waals surface area contributed by atoms with Gasteiger partial charge in [-0.3, -0.25) is 24.2 Å². The van der Waals surface area contributed by atoms with Gasteiger partial charge in [0.1, 0.15) is 11.1 Å². The van der Waals surface area contributed by atoms with Crippen LogP contribution >= 0.6 is 0 Å². The summed E-state index contributed by atoms with van der Waals surface area (Å²) in [5.41, 5.74) is 0.933. The maximum atomic E-state index is 13.1. The van der Waals surface area contributed by atoms with Gasteiger partial charge in [0.05, 0.1) is 0 Å². The number of nitrogens with zero attached hydrogens (tertiary/aromatic N) is 3. The Bertz CT molecular complexity index is 1550.